The first kappa shape index (κ1) is 19.5. The number of fused-ring (bicyclic) bond motifs is 2. The molecule has 29 heavy (non-hydrogen) atoms. The Bertz CT molecular complexity index is 1030. The molecule has 0 radical (unpaired) electrons. The van der Waals surface area contributed by atoms with Gasteiger partial charge in [-0.3, -0.25) is 4.79 Å². The van der Waals surface area contributed by atoms with Crippen LogP contribution in [0, 0.1) is 0 Å². The predicted molar refractivity (Wildman–Crippen MR) is 118 cm³/mol. The Morgan fingerprint density at radius 2 is 1.86 bits per heavy atom. The normalized spacial score (nSPS) is 15.2. The number of H-pyrrole nitrogens is 1. The molecule has 1 aromatic heterocycles. The van der Waals surface area contributed by atoms with Crippen LogP contribution >= 0.6 is 0 Å². The van der Waals surface area contributed by atoms with Crippen molar-refractivity contribution in [2.75, 3.05) is 18.6 Å². The van der Waals surface area contributed by atoms with Crippen LogP contribution in [0.5, 0.6) is 5.75 Å². The van der Waals surface area contributed by atoms with E-state index in [4.69, 9.17) is 9.72 Å². The van der Waals surface area contributed by atoms with Gasteiger partial charge in [0.25, 0.3) is 0 Å². The molecule has 0 atom stereocenters. The van der Waals surface area contributed by atoms with Gasteiger partial charge in [0.15, 0.2) is 0 Å². The topological polar surface area (TPSA) is 58.2 Å². The zero-order valence-corrected chi connectivity index (χ0v) is 17.7. The number of rotatable bonds is 7. The van der Waals surface area contributed by atoms with Crippen molar-refractivity contribution in [1.82, 2.24) is 9.97 Å². The molecule has 0 saturated carbocycles. The van der Waals surface area contributed by atoms with Gasteiger partial charge >= 0.3 is 0 Å². The largest absolute Gasteiger partial charge is 0.497 e. The summed E-state index contributed by atoms with van der Waals surface area (Å²) in [5.41, 5.74) is 4.43. The maximum absolute atomic E-state index is 13.1. The molecule has 152 valence electrons. The van der Waals surface area contributed by atoms with Crippen molar-refractivity contribution in [2.45, 2.75) is 51.9 Å². The third kappa shape index (κ3) is 3.39. The second kappa shape index (κ2) is 7.54. The molecule has 1 aliphatic rings. The Morgan fingerprint density at radius 1 is 1.10 bits per heavy atom. The first-order valence-corrected chi connectivity index (χ1v) is 10.5. The maximum atomic E-state index is 13.1. The van der Waals surface area contributed by atoms with Crippen molar-refractivity contribution < 1.29 is 9.53 Å². The number of imidazole rings is 1. The van der Waals surface area contributed by atoms with Crippen LogP contribution in [0.1, 0.15) is 52.0 Å². The average Bonchev–Trinajstić information content (AvgIpc) is 3.22. The first-order valence-electron chi connectivity index (χ1n) is 10.5. The molecule has 4 rings (SSSR count). The fourth-order valence-corrected chi connectivity index (χ4v) is 4.14. The zero-order chi connectivity index (χ0) is 20.6. The van der Waals surface area contributed by atoms with E-state index in [2.05, 4.69) is 24.0 Å². The number of benzene rings is 2. The number of hydrogen-bond acceptors (Lipinski definition) is 3. The smallest absolute Gasteiger partial charge is 0.237 e. The second-order valence-corrected chi connectivity index (χ2v) is 8.34. The average molecular weight is 392 g/mol. The van der Waals surface area contributed by atoms with E-state index in [9.17, 15) is 4.79 Å². The molecule has 0 aliphatic carbocycles. The zero-order valence-electron chi connectivity index (χ0n) is 17.7. The molecule has 0 unspecified atom stereocenters. The highest BCUT2D eigenvalue weighted by molar-refractivity contribution is 6.09. The van der Waals surface area contributed by atoms with E-state index in [1.165, 1.54) is 12.8 Å². The van der Waals surface area contributed by atoms with Crippen LogP contribution < -0.4 is 9.64 Å². The van der Waals surface area contributed by atoms with Gasteiger partial charge in [0, 0.05) is 12.1 Å². The SMILES string of the molecule is CCCCCCN1C(=O)C(C)(C)c2cc3[nH]c(-c4ccc(OC)cc4)nc3cc21. The number of carbonyl (C=O) groups is 1. The molecule has 2 heterocycles. The van der Waals surface area contributed by atoms with Crippen molar-refractivity contribution in [2.24, 2.45) is 0 Å². The van der Waals surface area contributed by atoms with E-state index in [0.717, 1.165) is 58.8 Å². The minimum Gasteiger partial charge on any atom is -0.497 e. The number of hydrogen-bond donors (Lipinski definition) is 1. The van der Waals surface area contributed by atoms with Crippen molar-refractivity contribution >= 4 is 22.6 Å². The van der Waals surface area contributed by atoms with Crippen LogP contribution in [-0.2, 0) is 10.2 Å². The van der Waals surface area contributed by atoms with Crippen LogP contribution in [0.2, 0.25) is 0 Å². The standard InChI is InChI=1S/C24H29N3O2/c1-5-6-7-8-13-27-21-15-20-19(14-18(21)24(2,3)23(27)28)25-22(26-20)16-9-11-17(29-4)12-10-16/h9-12,14-15H,5-8,13H2,1-4H3,(H,25,26). The Balaban J connectivity index is 1.70. The third-order valence-corrected chi connectivity index (χ3v) is 5.94. The lowest BCUT2D eigenvalue weighted by Gasteiger charge is -2.20. The minimum absolute atomic E-state index is 0.187. The summed E-state index contributed by atoms with van der Waals surface area (Å²) in [4.78, 5) is 23.3. The van der Waals surface area contributed by atoms with E-state index in [0.29, 0.717) is 0 Å². The number of aromatic amines is 1. The summed E-state index contributed by atoms with van der Waals surface area (Å²) in [6, 6.07) is 12.0. The molecule has 1 N–H and O–H groups in total. The summed E-state index contributed by atoms with van der Waals surface area (Å²) < 4.78 is 5.24. The second-order valence-electron chi connectivity index (χ2n) is 8.34. The van der Waals surface area contributed by atoms with Gasteiger partial charge in [0.05, 0.1) is 29.2 Å². The molecular weight excluding hydrogens is 362 g/mol. The van der Waals surface area contributed by atoms with E-state index in [1.807, 2.05) is 43.0 Å². The number of ether oxygens (including phenoxy) is 1. The molecule has 0 spiro atoms. The highest BCUT2D eigenvalue weighted by atomic mass is 16.5. The van der Waals surface area contributed by atoms with Gasteiger partial charge in [-0.15, -0.1) is 0 Å². The quantitative estimate of drug-likeness (QED) is 0.545. The molecule has 5 heteroatoms. The van der Waals surface area contributed by atoms with E-state index in [1.54, 1.807) is 7.11 Å². The number of aromatic nitrogens is 2. The fourth-order valence-electron chi connectivity index (χ4n) is 4.14. The summed E-state index contributed by atoms with van der Waals surface area (Å²) >= 11 is 0. The van der Waals surface area contributed by atoms with Crippen LogP contribution in [0.15, 0.2) is 36.4 Å². The van der Waals surface area contributed by atoms with Crippen molar-refractivity contribution in [1.29, 1.82) is 0 Å². The summed E-state index contributed by atoms with van der Waals surface area (Å²) in [5.74, 6) is 1.83. The molecular formula is C24H29N3O2. The summed E-state index contributed by atoms with van der Waals surface area (Å²) in [7, 11) is 1.66. The Hall–Kier alpha value is -2.82. The molecule has 1 aliphatic heterocycles. The van der Waals surface area contributed by atoms with Crippen LogP contribution in [-0.4, -0.2) is 29.5 Å². The molecule has 0 bridgehead atoms. The summed E-state index contributed by atoms with van der Waals surface area (Å²) in [6.45, 7) is 7.02. The monoisotopic (exact) mass is 391 g/mol. The lowest BCUT2D eigenvalue weighted by molar-refractivity contribution is -0.122. The number of anilines is 1. The van der Waals surface area contributed by atoms with Crippen molar-refractivity contribution in [3.8, 4) is 17.1 Å². The third-order valence-electron chi connectivity index (χ3n) is 5.94. The predicted octanol–water partition coefficient (Wildman–Crippen LogP) is 5.44. The van der Waals surface area contributed by atoms with Gasteiger partial charge in [0.2, 0.25) is 5.91 Å². The van der Waals surface area contributed by atoms with Crippen LogP contribution in [0.4, 0.5) is 5.69 Å². The Kier molecular flexibility index (Phi) is 5.07. The molecule has 2 aromatic carbocycles. The number of unbranched alkanes of at least 4 members (excludes halogenated alkanes) is 3. The highest BCUT2D eigenvalue weighted by Gasteiger charge is 2.43. The summed E-state index contributed by atoms with van der Waals surface area (Å²) in [6.07, 6.45) is 4.59. The number of methoxy groups -OCH3 is 1. The molecule has 0 saturated heterocycles. The van der Waals surface area contributed by atoms with E-state index < -0.39 is 5.41 Å². The molecule has 5 nitrogen and oxygen atoms in total. The van der Waals surface area contributed by atoms with Gasteiger partial charge in [-0.2, -0.15) is 0 Å². The molecule has 3 aromatic rings. The van der Waals surface area contributed by atoms with Gasteiger partial charge in [-0.05, 0) is 62.2 Å². The number of nitrogens with one attached hydrogen (secondary N) is 1. The van der Waals surface area contributed by atoms with Crippen LogP contribution in [0.25, 0.3) is 22.4 Å². The van der Waals surface area contributed by atoms with Gasteiger partial charge in [-0.25, -0.2) is 4.98 Å². The fraction of sp³-hybridized carbons (Fsp3) is 0.417. The Labute approximate surface area is 172 Å². The number of carbonyl (C=O) groups excluding carboxylic acids is 1. The lowest BCUT2D eigenvalue weighted by atomic mass is 9.86. The first-order chi connectivity index (χ1) is 14.0. The molecule has 0 fully saturated rings. The Morgan fingerprint density at radius 3 is 2.55 bits per heavy atom. The summed E-state index contributed by atoms with van der Waals surface area (Å²) in [5, 5.41) is 0. The maximum Gasteiger partial charge on any atom is 0.237 e. The highest BCUT2D eigenvalue weighted by Crippen LogP contribution is 2.43. The lowest BCUT2D eigenvalue weighted by Crippen LogP contribution is -2.36. The van der Waals surface area contributed by atoms with E-state index >= 15 is 0 Å². The van der Waals surface area contributed by atoms with Crippen LogP contribution in [0.3, 0.4) is 0 Å². The van der Waals surface area contributed by atoms with Crippen molar-refractivity contribution in [3.05, 3.63) is 42.0 Å². The van der Waals surface area contributed by atoms with Gasteiger partial charge in [-0.1, -0.05) is 26.2 Å². The van der Waals surface area contributed by atoms with E-state index in [-0.39, 0.29) is 5.91 Å². The minimum atomic E-state index is -0.514. The molecule has 1 amide bonds. The number of amides is 1. The number of nitrogens with zero attached hydrogens (tertiary/aromatic N) is 2. The van der Waals surface area contributed by atoms with Gasteiger partial charge < -0.3 is 14.6 Å². The van der Waals surface area contributed by atoms with Gasteiger partial charge in [0.1, 0.15) is 11.6 Å². The van der Waals surface area contributed by atoms with Crippen molar-refractivity contribution in [3.63, 3.8) is 0 Å².